The second-order valence-corrected chi connectivity index (χ2v) is 2.70. The monoisotopic (exact) mass is 185 g/mol. The summed E-state index contributed by atoms with van der Waals surface area (Å²) in [5, 5.41) is 8.95. The van der Waals surface area contributed by atoms with Gasteiger partial charge in [0, 0.05) is 12.4 Å². The molecule has 0 aliphatic heterocycles. The molecule has 1 N–H and O–H groups in total. The first-order valence-electron chi connectivity index (χ1n) is 3.52. The largest absolute Gasteiger partial charge is 0.478 e. The van der Waals surface area contributed by atoms with Crippen molar-refractivity contribution in [2.45, 2.75) is 13.3 Å². The minimum Gasteiger partial charge on any atom is -0.478 e. The Hall–Kier alpha value is -1.09. The van der Waals surface area contributed by atoms with E-state index in [4.69, 9.17) is 16.7 Å². The predicted molar refractivity (Wildman–Crippen MR) is 45.6 cm³/mol. The minimum absolute atomic E-state index is 0.0658. The van der Waals surface area contributed by atoms with Gasteiger partial charge in [0.15, 0.2) is 0 Å². The fourth-order valence-corrected chi connectivity index (χ4v) is 1.20. The summed E-state index contributed by atoms with van der Waals surface area (Å²) in [6.45, 7) is 1.90. The number of halogens is 1. The number of rotatable bonds is 2. The highest BCUT2D eigenvalue weighted by Crippen LogP contribution is 2.19. The first-order valence-corrected chi connectivity index (χ1v) is 3.90. The molecule has 4 heteroatoms. The maximum atomic E-state index is 10.6. The SMILES string of the molecule is CCc1cncc(C(=O)O)c1Cl. The Balaban J connectivity index is 3.23. The van der Waals surface area contributed by atoms with Crippen LogP contribution in [0.2, 0.25) is 5.02 Å². The maximum Gasteiger partial charge on any atom is 0.338 e. The van der Waals surface area contributed by atoms with Crippen LogP contribution in [0.15, 0.2) is 12.4 Å². The van der Waals surface area contributed by atoms with Gasteiger partial charge in [0.2, 0.25) is 0 Å². The highest BCUT2D eigenvalue weighted by atomic mass is 35.5. The molecule has 0 aliphatic rings. The molecule has 0 amide bonds. The van der Waals surface area contributed by atoms with Crippen molar-refractivity contribution in [3.63, 3.8) is 0 Å². The quantitative estimate of drug-likeness (QED) is 0.767. The van der Waals surface area contributed by atoms with Crippen molar-refractivity contribution < 1.29 is 9.90 Å². The summed E-state index contributed by atoms with van der Waals surface area (Å²) in [5.41, 5.74) is 0.826. The zero-order valence-electron chi connectivity index (χ0n) is 6.54. The molecule has 1 rings (SSSR count). The summed E-state index contributed by atoms with van der Waals surface area (Å²) in [6, 6.07) is 0. The Kier molecular flexibility index (Phi) is 2.65. The van der Waals surface area contributed by atoms with E-state index >= 15 is 0 Å². The van der Waals surface area contributed by atoms with Crippen LogP contribution in [0.4, 0.5) is 0 Å². The molecular weight excluding hydrogens is 178 g/mol. The standard InChI is InChI=1S/C8H8ClNO2/c1-2-5-3-10-4-6(7(5)9)8(11)12/h3-4H,2H2,1H3,(H,11,12). The molecule has 0 fully saturated rings. The molecule has 0 saturated carbocycles. The summed E-state index contributed by atoms with van der Waals surface area (Å²) >= 11 is 5.78. The highest BCUT2D eigenvalue weighted by Gasteiger charge is 2.11. The predicted octanol–water partition coefficient (Wildman–Crippen LogP) is 2.00. The van der Waals surface area contributed by atoms with E-state index in [-0.39, 0.29) is 5.56 Å². The first-order chi connectivity index (χ1) is 5.66. The summed E-state index contributed by atoms with van der Waals surface area (Å²) in [6.07, 6.45) is 3.52. The number of hydrogen-bond acceptors (Lipinski definition) is 2. The van der Waals surface area contributed by atoms with Crippen LogP contribution in [0.3, 0.4) is 0 Å². The second-order valence-electron chi connectivity index (χ2n) is 2.32. The van der Waals surface area contributed by atoms with Crippen molar-refractivity contribution in [1.82, 2.24) is 4.98 Å². The molecule has 0 atom stereocenters. The smallest absolute Gasteiger partial charge is 0.338 e. The molecule has 0 aromatic carbocycles. The lowest BCUT2D eigenvalue weighted by atomic mass is 10.1. The van der Waals surface area contributed by atoms with E-state index in [0.717, 1.165) is 5.56 Å². The third-order valence-electron chi connectivity index (χ3n) is 1.56. The van der Waals surface area contributed by atoms with Crippen LogP contribution in [0.25, 0.3) is 0 Å². The van der Waals surface area contributed by atoms with Gasteiger partial charge in [-0.15, -0.1) is 0 Å². The van der Waals surface area contributed by atoms with Crippen LogP contribution in [-0.2, 0) is 6.42 Å². The van der Waals surface area contributed by atoms with E-state index < -0.39 is 5.97 Å². The maximum absolute atomic E-state index is 10.6. The lowest BCUT2D eigenvalue weighted by Gasteiger charge is -2.02. The molecule has 0 aliphatic carbocycles. The average molecular weight is 186 g/mol. The van der Waals surface area contributed by atoms with Gasteiger partial charge in [-0.2, -0.15) is 0 Å². The van der Waals surface area contributed by atoms with E-state index in [1.165, 1.54) is 6.20 Å². The van der Waals surface area contributed by atoms with Crippen LogP contribution < -0.4 is 0 Å². The summed E-state index contributed by atoms with van der Waals surface area (Å²) in [5.74, 6) is -1.04. The van der Waals surface area contributed by atoms with Crippen LogP contribution in [0, 0.1) is 0 Å². The van der Waals surface area contributed by atoms with Crippen molar-refractivity contribution in [2.75, 3.05) is 0 Å². The summed E-state index contributed by atoms with van der Waals surface area (Å²) in [7, 11) is 0. The molecule has 0 radical (unpaired) electrons. The fourth-order valence-electron chi connectivity index (χ4n) is 0.884. The van der Waals surface area contributed by atoms with Gasteiger partial charge in [0.1, 0.15) is 0 Å². The number of carboxylic acids is 1. The number of nitrogens with zero attached hydrogens (tertiary/aromatic N) is 1. The Bertz CT molecular complexity index is 312. The molecule has 3 nitrogen and oxygen atoms in total. The van der Waals surface area contributed by atoms with Gasteiger partial charge >= 0.3 is 5.97 Å². The number of hydrogen-bond donors (Lipinski definition) is 1. The molecule has 0 bridgehead atoms. The van der Waals surface area contributed by atoms with Gasteiger partial charge in [-0.05, 0) is 12.0 Å². The van der Waals surface area contributed by atoms with Crippen molar-refractivity contribution in [2.24, 2.45) is 0 Å². The fraction of sp³-hybridized carbons (Fsp3) is 0.250. The molecule has 0 saturated heterocycles. The average Bonchev–Trinajstić information content (AvgIpc) is 2.04. The number of pyridine rings is 1. The molecule has 1 aromatic heterocycles. The Morgan fingerprint density at radius 1 is 1.67 bits per heavy atom. The number of aryl methyl sites for hydroxylation is 1. The van der Waals surface area contributed by atoms with Gasteiger partial charge in [0.05, 0.1) is 10.6 Å². The number of carbonyl (C=O) groups is 1. The molecule has 64 valence electrons. The van der Waals surface area contributed by atoms with E-state index in [1.807, 2.05) is 6.92 Å². The van der Waals surface area contributed by atoms with E-state index in [1.54, 1.807) is 6.20 Å². The van der Waals surface area contributed by atoms with Crippen molar-refractivity contribution >= 4 is 17.6 Å². The molecule has 0 spiro atoms. The molecule has 1 aromatic rings. The Morgan fingerprint density at radius 2 is 2.33 bits per heavy atom. The lowest BCUT2D eigenvalue weighted by molar-refractivity contribution is 0.0696. The molecule has 0 unspecified atom stereocenters. The van der Waals surface area contributed by atoms with Crippen molar-refractivity contribution in [3.8, 4) is 0 Å². The molecule has 1 heterocycles. The topological polar surface area (TPSA) is 50.2 Å². The van der Waals surface area contributed by atoms with Gasteiger partial charge in [0.25, 0.3) is 0 Å². The van der Waals surface area contributed by atoms with E-state index in [2.05, 4.69) is 4.98 Å². The molecular formula is C8H8ClNO2. The number of aromatic nitrogens is 1. The second kappa shape index (κ2) is 3.54. The van der Waals surface area contributed by atoms with E-state index in [0.29, 0.717) is 11.4 Å². The van der Waals surface area contributed by atoms with Crippen LogP contribution >= 0.6 is 11.6 Å². The van der Waals surface area contributed by atoms with Crippen molar-refractivity contribution in [1.29, 1.82) is 0 Å². The zero-order chi connectivity index (χ0) is 9.14. The Labute approximate surface area is 75.0 Å². The van der Waals surface area contributed by atoms with Gasteiger partial charge in [-0.25, -0.2) is 4.79 Å². The van der Waals surface area contributed by atoms with Gasteiger partial charge in [-0.1, -0.05) is 18.5 Å². The van der Waals surface area contributed by atoms with Gasteiger partial charge < -0.3 is 5.11 Å². The Morgan fingerprint density at radius 3 is 2.83 bits per heavy atom. The normalized spacial score (nSPS) is 9.83. The van der Waals surface area contributed by atoms with Gasteiger partial charge in [-0.3, -0.25) is 4.98 Å². The minimum atomic E-state index is -1.04. The molecule has 12 heavy (non-hydrogen) atoms. The first kappa shape index (κ1) is 9.00. The third-order valence-corrected chi connectivity index (χ3v) is 2.01. The summed E-state index contributed by atoms with van der Waals surface area (Å²) in [4.78, 5) is 14.3. The number of carboxylic acid groups (broad SMARTS) is 1. The highest BCUT2D eigenvalue weighted by molar-refractivity contribution is 6.34. The summed E-state index contributed by atoms with van der Waals surface area (Å²) < 4.78 is 0. The van der Waals surface area contributed by atoms with Crippen LogP contribution in [0.1, 0.15) is 22.8 Å². The lowest BCUT2D eigenvalue weighted by Crippen LogP contribution is -2.00. The number of aromatic carboxylic acids is 1. The van der Waals surface area contributed by atoms with Crippen LogP contribution in [-0.4, -0.2) is 16.1 Å². The zero-order valence-corrected chi connectivity index (χ0v) is 7.30. The third kappa shape index (κ3) is 1.56. The van der Waals surface area contributed by atoms with Crippen molar-refractivity contribution in [3.05, 3.63) is 28.5 Å². The van der Waals surface area contributed by atoms with Crippen LogP contribution in [0.5, 0.6) is 0 Å². The van der Waals surface area contributed by atoms with E-state index in [9.17, 15) is 4.79 Å².